The molecule has 0 radical (unpaired) electrons. The number of carbonyl (C=O) groups excluding carboxylic acids is 1. The molecule has 1 heteroatoms. The second-order valence-corrected chi connectivity index (χ2v) is 5.24. The topological polar surface area (TPSA) is 17.1 Å². The Morgan fingerprint density at radius 3 is 1.56 bits per heavy atom. The van der Waals surface area contributed by atoms with Gasteiger partial charge in [-0.3, -0.25) is 4.79 Å². The fraction of sp³-hybridized carbons (Fsp3) is 0.824. The predicted molar refractivity (Wildman–Crippen MR) is 80.9 cm³/mol. The van der Waals surface area contributed by atoms with Crippen molar-refractivity contribution < 1.29 is 4.79 Å². The molecule has 0 amide bonds. The van der Waals surface area contributed by atoms with Gasteiger partial charge in [0, 0.05) is 0 Å². The molecule has 18 heavy (non-hydrogen) atoms. The Labute approximate surface area is 114 Å². The molecule has 0 heterocycles. The van der Waals surface area contributed by atoms with Crippen LogP contribution in [0.5, 0.6) is 0 Å². The molecule has 0 aliphatic rings. The number of rotatable bonds is 14. The van der Waals surface area contributed by atoms with Crippen LogP contribution < -0.4 is 0 Å². The van der Waals surface area contributed by atoms with Crippen molar-refractivity contribution in [1.29, 1.82) is 0 Å². The summed E-state index contributed by atoms with van der Waals surface area (Å²) in [5.74, 6) is 0. The third-order valence-electron chi connectivity index (χ3n) is 3.44. The molecule has 0 rings (SSSR count). The van der Waals surface area contributed by atoms with Crippen LogP contribution in [0.1, 0.15) is 90.4 Å². The lowest BCUT2D eigenvalue weighted by atomic mass is 10.0. The Morgan fingerprint density at radius 2 is 1.11 bits per heavy atom. The molecule has 0 aliphatic heterocycles. The predicted octanol–water partition coefficient (Wildman–Crippen LogP) is 5.83. The molecule has 0 aliphatic carbocycles. The van der Waals surface area contributed by atoms with Crippen molar-refractivity contribution in [1.82, 2.24) is 0 Å². The van der Waals surface area contributed by atoms with Crippen molar-refractivity contribution in [2.45, 2.75) is 90.4 Å². The summed E-state index contributed by atoms with van der Waals surface area (Å²) in [5.41, 5.74) is 0. The SMILES string of the molecule is CCCCCCCCCCCCCC/C=C\C=O. The quantitative estimate of drug-likeness (QED) is 0.216. The lowest BCUT2D eigenvalue weighted by Gasteiger charge is -2.02. The van der Waals surface area contributed by atoms with Gasteiger partial charge in [0.15, 0.2) is 0 Å². The van der Waals surface area contributed by atoms with E-state index in [1.807, 2.05) is 6.08 Å². The van der Waals surface area contributed by atoms with Crippen LogP contribution in [0, 0.1) is 0 Å². The molecule has 0 spiro atoms. The summed E-state index contributed by atoms with van der Waals surface area (Å²) >= 11 is 0. The van der Waals surface area contributed by atoms with Gasteiger partial charge in [-0.2, -0.15) is 0 Å². The summed E-state index contributed by atoms with van der Waals surface area (Å²) < 4.78 is 0. The van der Waals surface area contributed by atoms with Gasteiger partial charge >= 0.3 is 0 Å². The molecule has 0 aromatic rings. The van der Waals surface area contributed by atoms with E-state index in [1.165, 1.54) is 77.0 Å². The lowest BCUT2D eigenvalue weighted by Crippen LogP contribution is -1.82. The molecule has 0 saturated carbocycles. The Hall–Kier alpha value is -0.590. The molecule has 0 aromatic heterocycles. The first-order chi connectivity index (χ1) is 8.91. The maximum atomic E-state index is 10.0. The molecule has 0 N–H and O–H groups in total. The van der Waals surface area contributed by atoms with Crippen molar-refractivity contribution in [3.05, 3.63) is 12.2 Å². The van der Waals surface area contributed by atoms with E-state index < -0.39 is 0 Å². The van der Waals surface area contributed by atoms with Crippen molar-refractivity contribution in [2.24, 2.45) is 0 Å². The Kier molecular flexibility index (Phi) is 15.9. The van der Waals surface area contributed by atoms with Gasteiger partial charge in [0.2, 0.25) is 0 Å². The fourth-order valence-corrected chi connectivity index (χ4v) is 2.25. The van der Waals surface area contributed by atoms with Gasteiger partial charge < -0.3 is 0 Å². The lowest BCUT2D eigenvalue weighted by molar-refractivity contribution is -0.104. The van der Waals surface area contributed by atoms with Gasteiger partial charge in [0.05, 0.1) is 0 Å². The minimum atomic E-state index is 0.862. The number of aldehydes is 1. The zero-order chi connectivity index (χ0) is 13.3. The summed E-state index contributed by atoms with van der Waals surface area (Å²) in [6, 6.07) is 0. The molecule has 0 bridgehead atoms. The van der Waals surface area contributed by atoms with Gasteiger partial charge in [0.1, 0.15) is 6.29 Å². The van der Waals surface area contributed by atoms with Gasteiger partial charge in [-0.25, -0.2) is 0 Å². The number of allylic oxidation sites excluding steroid dienone is 2. The zero-order valence-electron chi connectivity index (χ0n) is 12.3. The third-order valence-corrected chi connectivity index (χ3v) is 3.44. The summed E-state index contributed by atoms with van der Waals surface area (Å²) in [6.45, 7) is 2.27. The van der Waals surface area contributed by atoms with Crippen LogP contribution >= 0.6 is 0 Å². The van der Waals surface area contributed by atoms with E-state index in [9.17, 15) is 4.79 Å². The van der Waals surface area contributed by atoms with Crippen LogP contribution in [0.25, 0.3) is 0 Å². The third kappa shape index (κ3) is 15.4. The van der Waals surface area contributed by atoms with Crippen molar-refractivity contribution >= 4 is 6.29 Å². The van der Waals surface area contributed by atoms with Gasteiger partial charge in [0.25, 0.3) is 0 Å². The normalized spacial score (nSPS) is 11.2. The molecule has 0 aromatic carbocycles. The van der Waals surface area contributed by atoms with Crippen LogP contribution in [-0.2, 0) is 4.79 Å². The smallest absolute Gasteiger partial charge is 0.142 e. The number of unbranched alkanes of at least 4 members (excludes halogenated alkanes) is 12. The van der Waals surface area contributed by atoms with Crippen LogP contribution in [0.2, 0.25) is 0 Å². The second-order valence-electron chi connectivity index (χ2n) is 5.24. The zero-order valence-corrected chi connectivity index (χ0v) is 12.3. The first-order valence-electron chi connectivity index (χ1n) is 8.02. The standard InChI is InChI=1S/C17H32O/c1-2-3-4-5-6-7-8-9-10-11-12-13-14-15-16-17-18/h15-17H,2-14H2,1H3/b16-15-. The average Bonchev–Trinajstić information content (AvgIpc) is 2.39. The summed E-state index contributed by atoms with van der Waals surface area (Å²) in [6.07, 6.45) is 22.2. The van der Waals surface area contributed by atoms with E-state index in [-0.39, 0.29) is 0 Å². The van der Waals surface area contributed by atoms with E-state index in [1.54, 1.807) is 6.08 Å². The van der Waals surface area contributed by atoms with Gasteiger partial charge in [-0.1, -0.05) is 83.6 Å². The fourth-order valence-electron chi connectivity index (χ4n) is 2.25. The molecule has 1 nitrogen and oxygen atoms in total. The Morgan fingerprint density at radius 1 is 0.667 bits per heavy atom. The van der Waals surface area contributed by atoms with Crippen molar-refractivity contribution in [3.8, 4) is 0 Å². The van der Waals surface area contributed by atoms with Gasteiger partial charge in [-0.05, 0) is 18.9 Å². The van der Waals surface area contributed by atoms with E-state index in [0.717, 1.165) is 12.7 Å². The largest absolute Gasteiger partial charge is 0.299 e. The van der Waals surface area contributed by atoms with Crippen molar-refractivity contribution in [2.75, 3.05) is 0 Å². The minimum Gasteiger partial charge on any atom is -0.299 e. The summed E-state index contributed by atoms with van der Waals surface area (Å²) in [5, 5.41) is 0. The average molecular weight is 252 g/mol. The molecule has 0 unspecified atom stereocenters. The molecule has 0 saturated heterocycles. The Balaban J connectivity index is 2.94. The number of hydrogen-bond acceptors (Lipinski definition) is 1. The first-order valence-corrected chi connectivity index (χ1v) is 8.02. The maximum absolute atomic E-state index is 10.0. The van der Waals surface area contributed by atoms with E-state index >= 15 is 0 Å². The monoisotopic (exact) mass is 252 g/mol. The van der Waals surface area contributed by atoms with E-state index in [2.05, 4.69) is 6.92 Å². The first kappa shape index (κ1) is 17.4. The highest BCUT2D eigenvalue weighted by Gasteiger charge is 1.92. The molecule has 106 valence electrons. The van der Waals surface area contributed by atoms with Crippen LogP contribution in [-0.4, -0.2) is 6.29 Å². The molecule has 0 fully saturated rings. The minimum absolute atomic E-state index is 0.862. The van der Waals surface area contributed by atoms with Crippen LogP contribution in [0.3, 0.4) is 0 Å². The maximum Gasteiger partial charge on any atom is 0.142 e. The molecular formula is C17H32O. The second kappa shape index (κ2) is 16.4. The number of hydrogen-bond donors (Lipinski definition) is 0. The molecular weight excluding hydrogens is 220 g/mol. The van der Waals surface area contributed by atoms with E-state index in [0.29, 0.717) is 0 Å². The highest BCUT2D eigenvalue weighted by Crippen LogP contribution is 2.12. The highest BCUT2D eigenvalue weighted by atomic mass is 16.1. The molecule has 0 atom stereocenters. The van der Waals surface area contributed by atoms with Crippen LogP contribution in [0.4, 0.5) is 0 Å². The van der Waals surface area contributed by atoms with E-state index in [4.69, 9.17) is 0 Å². The Bertz CT molecular complexity index is 184. The number of carbonyl (C=O) groups is 1. The highest BCUT2D eigenvalue weighted by molar-refractivity contribution is 5.64. The van der Waals surface area contributed by atoms with Crippen LogP contribution in [0.15, 0.2) is 12.2 Å². The summed E-state index contributed by atoms with van der Waals surface area (Å²) in [7, 11) is 0. The van der Waals surface area contributed by atoms with Gasteiger partial charge in [-0.15, -0.1) is 0 Å². The van der Waals surface area contributed by atoms with Crippen molar-refractivity contribution in [3.63, 3.8) is 0 Å². The summed E-state index contributed by atoms with van der Waals surface area (Å²) in [4.78, 5) is 10.0.